The van der Waals surface area contributed by atoms with Crippen LogP contribution in [0.1, 0.15) is 29.5 Å². The number of carbonyl (C=O) groups excluding carboxylic acids is 1. The van der Waals surface area contributed by atoms with E-state index in [9.17, 15) is 4.79 Å². The largest absolute Gasteiger partial charge is 0.497 e. The van der Waals surface area contributed by atoms with Crippen LogP contribution < -0.4 is 4.74 Å². The molecule has 24 heavy (non-hydrogen) atoms. The first-order valence-corrected chi connectivity index (χ1v) is 8.20. The van der Waals surface area contributed by atoms with Crippen LogP contribution in [0.4, 0.5) is 0 Å². The van der Waals surface area contributed by atoms with Gasteiger partial charge < -0.3 is 14.4 Å². The lowest BCUT2D eigenvalue weighted by molar-refractivity contribution is 0.0298. The van der Waals surface area contributed by atoms with E-state index in [0.717, 1.165) is 30.0 Å². The number of benzene rings is 1. The number of hydrogen-bond acceptors (Lipinski definition) is 5. The van der Waals surface area contributed by atoms with E-state index in [-0.39, 0.29) is 5.91 Å². The highest BCUT2D eigenvalue weighted by Gasteiger charge is 2.26. The third-order valence-corrected chi connectivity index (χ3v) is 4.07. The summed E-state index contributed by atoms with van der Waals surface area (Å²) in [4.78, 5) is 14.6. The van der Waals surface area contributed by atoms with Crippen LogP contribution in [0.15, 0.2) is 24.3 Å². The second kappa shape index (κ2) is 7.44. The van der Waals surface area contributed by atoms with Crippen molar-refractivity contribution in [2.45, 2.75) is 19.8 Å². The predicted molar refractivity (Wildman–Crippen MR) is 88.6 cm³/mol. The molecule has 3 rings (SSSR count). The highest BCUT2D eigenvalue weighted by Crippen LogP contribution is 2.19. The van der Waals surface area contributed by atoms with Gasteiger partial charge in [0, 0.05) is 13.1 Å². The zero-order valence-corrected chi connectivity index (χ0v) is 14.1. The van der Waals surface area contributed by atoms with Crippen LogP contribution in [0.25, 0.3) is 5.69 Å². The minimum absolute atomic E-state index is 0.0680. The number of morpholine rings is 1. The third-order valence-electron chi connectivity index (χ3n) is 4.07. The molecule has 1 aromatic carbocycles. The SMILES string of the molecule is CCCc1c(C(=O)N2CCOCC2)nnn1-c1ccc(OC)cc1. The van der Waals surface area contributed by atoms with Crippen molar-refractivity contribution in [1.29, 1.82) is 0 Å². The molecule has 128 valence electrons. The highest BCUT2D eigenvalue weighted by atomic mass is 16.5. The van der Waals surface area contributed by atoms with Crippen molar-refractivity contribution in [3.8, 4) is 11.4 Å². The number of ether oxygens (including phenoxy) is 2. The smallest absolute Gasteiger partial charge is 0.276 e. The number of aromatic nitrogens is 3. The number of nitrogens with zero attached hydrogens (tertiary/aromatic N) is 4. The third kappa shape index (κ3) is 3.26. The van der Waals surface area contributed by atoms with Crippen LogP contribution >= 0.6 is 0 Å². The predicted octanol–water partition coefficient (Wildman–Crippen LogP) is 1.70. The maximum absolute atomic E-state index is 12.8. The number of hydrogen-bond donors (Lipinski definition) is 0. The Morgan fingerprint density at radius 2 is 1.96 bits per heavy atom. The number of carbonyl (C=O) groups is 1. The number of rotatable bonds is 5. The summed E-state index contributed by atoms with van der Waals surface area (Å²) in [5.41, 5.74) is 2.15. The van der Waals surface area contributed by atoms with Gasteiger partial charge in [0.25, 0.3) is 5.91 Å². The van der Waals surface area contributed by atoms with Gasteiger partial charge in [-0.05, 0) is 30.7 Å². The van der Waals surface area contributed by atoms with Crippen molar-refractivity contribution >= 4 is 5.91 Å². The van der Waals surface area contributed by atoms with Crippen molar-refractivity contribution < 1.29 is 14.3 Å². The Bertz CT molecular complexity index is 690. The molecule has 1 fully saturated rings. The first-order valence-electron chi connectivity index (χ1n) is 8.20. The number of methoxy groups -OCH3 is 1. The lowest BCUT2D eigenvalue weighted by Crippen LogP contribution is -2.41. The van der Waals surface area contributed by atoms with Gasteiger partial charge in [0.2, 0.25) is 0 Å². The first-order chi connectivity index (χ1) is 11.7. The Balaban J connectivity index is 1.92. The van der Waals surface area contributed by atoms with Gasteiger partial charge in [-0.2, -0.15) is 0 Å². The minimum atomic E-state index is -0.0680. The van der Waals surface area contributed by atoms with E-state index < -0.39 is 0 Å². The maximum Gasteiger partial charge on any atom is 0.276 e. The Morgan fingerprint density at radius 1 is 1.25 bits per heavy atom. The van der Waals surface area contributed by atoms with Crippen LogP contribution in [0.3, 0.4) is 0 Å². The fourth-order valence-electron chi connectivity index (χ4n) is 2.78. The van der Waals surface area contributed by atoms with Gasteiger partial charge >= 0.3 is 0 Å². The first kappa shape index (κ1) is 16.4. The van der Waals surface area contributed by atoms with E-state index >= 15 is 0 Å². The topological polar surface area (TPSA) is 69.5 Å². The van der Waals surface area contributed by atoms with E-state index in [1.807, 2.05) is 24.3 Å². The van der Waals surface area contributed by atoms with Crippen molar-refractivity contribution in [2.24, 2.45) is 0 Å². The van der Waals surface area contributed by atoms with Crippen molar-refractivity contribution in [3.05, 3.63) is 35.7 Å². The molecule has 1 aliphatic rings. The van der Waals surface area contributed by atoms with Gasteiger partial charge in [0.15, 0.2) is 5.69 Å². The zero-order chi connectivity index (χ0) is 16.9. The molecule has 0 aliphatic carbocycles. The molecule has 0 radical (unpaired) electrons. The molecular formula is C17H22N4O3. The van der Waals surface area contributed by atoms with Gasteiger partial charge in [-0.3, -0.25) is 4.79 Å². The lowest BCUT2D eigenvalue weighted by atomic mass is 10.1. The standard InChI is InChI=1S/C17H22N4O3/c1-3-4-15-16(17(22)20-9-11-24-12-10-20)18-19-21(15)13-5-7-14(23-2)8-6-13/h5-8H,3-4,9-12H2,1-2H3. The molecule has 1 saturated heterocycles. The molecule has 0 unspecified atom stereocenters. The normalized spacial score (nSPS) is 14.7. The molecule has 2 heterocycles. The lowest BCUT2D eigenvalue weighted by Gasteiger charge is -2.26. The monoisotopic (exact) mass is 330 g/mol. The molecule has 1 amide bonds. The molecule has 2 aromatic rings. The fraction of sp³-hybridized carbons (Fsp3) is 0.471. The summed E-state index contributed by atoms with van der Waals surface area (Å²) in [6, 6.07) is 7.57. The zero-order valence-electron chi connectivity index (χ0n) is 14.1. The molecule has 1 aliphatic heterocycles. The molecule has 0 N–H and O–H groups in total. The van der Waals surface area contributed by atoms with E-state index in [0.29, 0.717) is 32.0 Å². The van der Waals surface area contributed by atoms with E-state index in [4.69, 9.17) is 9.47 Å². The fourth-order valence-corrected chi connectivity index (χ4v) is 2.78. The molecule has 0 bridgehead atoms. The van der Waals surface area contributed by atoms with E-state index in [2.05, 4.69) is 17.2 Å². The number of amides is 1. The van der Waals surface area contributed by atoms with Crippen molar-refractivity contribution in [1.82, 2.24) is 19.9 Å². The van der Waals surface area contributed by atoms with E-state index in [1.165, 1.54) is 0 Å². The quantitative estimate of drug-likeness (QED) is 0.834. The highest BCUT2D eigenvalue weighted by molar-refractivity contribution is 5.93. The summed E-state index contributed by atoms with van der Waals surface area (Å²) in [6.45, 7) is 4.41. The summed E-state index contributed by atoms with van der Waals surface area (Å²) < 4.78 is 12.2. The van der Waals surface area contributed by atoms with Gasteiger partial charge in [0.05, 0.1) is 31.7 Å². The average Bonchev–Trinajstić information content (AvgIpc) is 3.06. The maximum atomic E-state index is 12.8. The van der Waals surface area contributed by atoms with Crippen LogP contribution in [0.2, 0.25) is 0 Å². The van der Waals surface area contributed by atoms with Crippen LogP contribution in [0.5, 0.6) is 5.75 Å². The molecule has 1 aromatic heterocycles. The Hall–Kier alpha value is -2.41. The summed E-state index contributed by atoms with van der Waals surface area (Å²) in [5.74, 6) is 0.710. The summed E-state index contributed by atoms with van der Waals surface area (Å²) in [6.07, 6.45) is 1.65. The van der Waals surface area contributed by atoms with Crippen molar-refractivity contribution in [3.63, 3.8) is 0 Å². The Morgan fingerprint density at radius 3 is 2.58 bits per heavy atom. The molecule has 7 heteroatoms. The minimum Gasteiger partial charge on any atom is -0.497 e. The molecular weight excluding hydrogens is 308 g/mol. The molecule has 0 atom stereocenters. The van der Waals surface area contributed by atoms with E-state index in [1.54, 1.807) is 16.7 Å². The van der Waals surface area contributed by atoms with Gasteiger partial charge in [-0.25, -0.2) is 4.68 Å². The Kier molecular flexibility index (Phi) is 5.10. The summed E-state index contributed by atoms with van der Waals surface area (Å²) >= 11 is 0. The average molecular weight is 330 g/mol. The summed E-state index contributed by atoms with van der Waals surface area (Å²) in [5, 5.41) is 8.40. The Labute approximate surface area is 141 Å². The molecule has 0 saturated carbocycles. The summed E-state index contributed by atoms with van der Waals surface area (Å²) in [7, 11) is 1.63. The second-order valence-electron chi connectivity index (χ2n) is 5.65. The van der Waals surface area contributed by atoms with Gasteiger partial charge in [-0.1, -0.05) is 18.6 Å². The second-order valence-corrected chi connectivity index (χ2v) is 5.65. The molecule has 0 spiro atoms. The van der Waals surface area contributed by atoms with Crippen LogP contribution in [0, 0.1) is 0 Å². The molecule has 7 nitrogen and oxygen atoms in total. The van der Waals surface area contributed by atoms with Crippen LogP contribution in [-0.2, 0) is 11.2 Å². The van der Waals surface area contributed by atoms with Gasteiger partial charge in [-0.15, -0.1) is 5.10 Å². The van der Waals surface area contributed by atoms with Gasteiger partial charge in [0.1, 0.15) is 5.75 Å². The van der Waals surface area contributed by atoms with Crippen LogP contribution in [-0.4, -0.2) is 59.2 Å². The van der Waals surface area contributed by atoms with Crippen molar-refractivity contribution in [2.75, 3.05) is 33.4 Å².